The lowest BCUT2D eigenvalue weighted by atomic mass is 9.99. The van der Waals surface area contributed by atoms with E-state index in [2.05, 4.69) is 42.4 Å². The predicted molar refractivity (Wildman–Crippen MR) is 75.8 cm³/mol. The Labute approximate surface area is 108 Å². The van der Waals surface area contributed by atoms with E-state index in [1.54, 1.807) is 0 Å². The van der Waals surface area contributed by atoms with E-state index in [9.17, 15) is 0 Å². The summed E-state index contributed by atoms with van der Waals surface area (Å²) in [7, 11) is 2.20. The van der Waals surface area contributed by atoms with Gasteiger partial charge in [-0.1, -0.05) is 19.1 Å². The monoisotopic (exact) mass is 248 g/mol. The van der Waals surface area contributed by atoms with Crippen molar-refractivity contribution in [3.05, 3.63) is 29.3 Å². The Kier molecular flexibility index (Phi) is 3.05. The van der Waals surface area contributed by atoms with Gasteiger partial charge in [0.1, 0.15) is 0 Å². The van der Waals surface area contributed by atoms with E-state index < -0.39 is 0 Å². The van der Waals surface area contributed by atoms with E-state index in [1.807, 2.05) is 11.8 Å². The van der Waals surface area contributed by atoms with Crippen LogP contribution in [0, 0.1) is 0 Å². The molecule has 2 nitrogen and oxygen atoms in total. The Morgan fingerprint density at radius 3 is 3.06 bits per heavy atom. The molecule has 0 radical (unpaired) electrons. The van der Waals surface area contributed by atoms with Crippen LogP contribution in [0.25, 0.3) is 0 Å². The lowest BCUT2D eigenvalue weighted by Crippen LogP contribution is -2.25. The minimum atomic E-state index is 0.502. The number of hydrogen-bond acceptors (Lipinski definition) is 3. The molecule has 1 N–H and O–H groups in total. The molecule has 0 aliphatic carbocycles. The summed E-state index contributed by atoms with van der Waals surface area (Å²) in [6.45, 7) is 4.62. The highest BCUT2D eigenvalue weighted by molar-refractivity contribution is 8.00. The van der Waals surface area contributed by atoms with Crippen LogP contribution in [0.2, 0.25) is 0 Å². The molecule has 2 atom stereocenters. The zero-order chi connectivity index (χ0) is 11.8. The molecule has 2 aliphatic rings. The van der Waals surface area contributed by atoms with Gasteiger partial charge in [0, 0.05) is 31.1 Å². The quantitative estimate of drug-likeness (QED) is 0.823. The maximum atomic E-state index is 3.59. The van der Waals surface area contributed by atoms with E-state index in [4.69, 9.17) is 0 Å². The highest BCUT2D eigenvalue weighted by atomic mass is 32.2. The van der Waals surface area contributed by atoms with Crippen LogP contribution in [0.3, 0.4) is 0 Å². The summed E-state index contributed by atoms with van der Waals surface area (Å²) in [5.74, 6) is 0. The standard InChI is InChI=1S/C14H20N2S/c1-10-9-15-14(17-10)12-5-6-13-11(8-12)4-3-7-16(13)2/h5-6,8,10,14-15H,3-4,7,9H2,1-2H3. The SMILES string of the molecule is CC1CNC(c2ccc3c(c2)CCCN3C)S1. The number of hydrogen-bond donors (Lipinski definition) is 1. The van der Waals surface area contributed by atoms with Gasteiger partial charge in [-0.3, -0.25) is 0 Å². The number of aryl methyl sites for hydroxylation is 1. The van der Waals surface area contributed by atoms with Gasteiger partial charge in [-0.25, -0.2) is 0 Å². The van der Waals surface area contributed by atoms with Gasteiger partial charge >= 0.3 is 0 Å². The van der Waals surface area contributed by atoms with Gasteiger partial charge in [0.2, 0.25) is 0 Å². The van der Waals surface area contributed by atoms with Crippen molar-refractivity contribution in [1.29, 1.82) is 0 Å². The lowest BCUT2D eigenvalue weighted by Gasteiger charge is -2.28. The topological polar surface area (TPSA) is 15.3 Å². The number of benzene rings is 1. The third kappa shape index (κ3) is 2.18. The fourth-order valence-corrected chi connectivity index (χ4v) is 3.92. The van der Waals surface area contributed by atoms with Crippen molar-refractivity contribution in [2.75, 3.05) is 25.0 Å². The summed E-state index contributed by atoms with van der Waals surface area (Å²) in [6, 6.07) is 7.01. The highest BCUT2D eigenvalue weighted by Gasteiger charge is 2.24. The van der Waals surface area contributed by atoms with Crippen LogP contribution in [-0.2, 0) is 6.42 Å². The smallest absolute Gasteiger partial charge is 0.0793 e. The van der Waals surface area contributed by atoms with E-state index >= 15 is 0 Å². The molecular weight excluding hydrogens is 228 g/mol. The van der Waals surface area contributed by atoms with Gasteiger partial charge < -0.3 is 10.2 Å². The first-order chi connectivity index (χ1) is 8.24. The van der Waals surface area contributed by atoms with Crippen molar-refractivity contribution in [2.24, 2.45) is 0 Å². The zero-order valence-corrected chi connectivity index (χ0v) is 11.4. The molecule has 1 fully saturated rings. The number of fused-ring (bicyclic) bond motifs is 1. The first kappa shape index (κ1) is 11.4. The highest BCUT2D eigenvalue weighted by Crippen LogP contribution is 2.37. The van der Waals surface area contributed by atoms with Crippen LogP contribution < -0.4 is 10.2 Å². The van der Waals surface area contributed by atoms with Gasteiger partial charge in [0.25, 0.3) is 0 Å². The van der Waals surface area contributed by atoms with E-state index in [-0.39, 0.29) is 0 Å². The molecule has 1 aromatic rings. The lowest BCUT2D eigenvalue weighted by molar-refractivity contribution is 0.710. The molecule has 2 heterocycles. The van der Waals surface area contributed by atoms with Gasteiger partial charge in [-0.15, -0.1) is 11.8 Å². The Bertz CT molecular complexity index is 419. The molecule has 0 aromatic heterocycles. The van der Waals surface area contributed by atoms with E-state index in [1.165, 1.54) is 36.2 Å². The summed E-state index contributed by atoms with van der Waals surface area (Å²) >= 11 is 2.05. The normalized spacial score (nSPS) is 28.2. The number of nitrogens with zero attached hydrogens (tertiary/aromatic N) is 1. The molecule has 1 saturated heterocycles. The number of rotatable bonds is 1. The second kappa shape index (κ2) is 4.54. The minimum absolute atomic E-state index is 0.502. The first-order valence-electron chi connectivity index (χ1n) is 6.47. The largest absolute Gasteiger partial charge is 0.374 e. The molecule has 0 spiro atoms. The van der Waals surface area contributed by atoms with Gasteiger partial charge in [-0.05, 0) is 30.0 Å². The van der Waals surface area contributed by atoms with Crippen LogP contribution in [0.15, 0.2) is 18.2 Å². The van der Waals surface area contributed by atoms with Crippen LogP contribution in [0.1, 0.15) is 29.8 Å². The van der Waals surface area contributed by atoms with Gasteiger partial charge in [0.15, 0.2) is 0 Å². The van der Waals surface area contributed by atoms with Crippen molar-refractivity contribution in [1.82, 2.24) is 5.32 Å². The Hall–Kier alpha value is -0.670. The molecule has 0 bridgehead atoms. The van der Waals surface area contributed by atoms with Crippen LogP contribution >= 0.6 is 11.8 Å². The average molecular weight is 248 g/mol. The summed E-state index contributed by atoms with van der Waals surface area (Å²) in [5.41, 5.74) is 4.41. The van der Waals surface area contributed by atoms with Crippen LogP contribution in [0.4, 0.5) is 5.69 Å². The third-order valence-corrected chi connectivity index (χ3v) is 5.06. The predicted octanol–water partition coefficient (Wildman–Crippen LogP) is 2.79. The van der Waals surface area contributed by atoms with Crippen molar-refractivity contribution in [3.63, 3.8) is 0 Å². The summed E-state index contributed by atoms with van der Waals surface area (Å²) in [4.78, 5) is 2.38. The number of thioether (sulfide) groups is 1. The maximum absolute atomic E-state index is 3.59. The first-order valence-corrected chi connectivity index (χ1v) is 7.41. The minimum Gasteiger partial charge on any atom is -0.374 e. The van der Waals surface area contributed by atoms with Gasteiger partial charge in [-0.2, -0.15) is 0 Å². The van der Waals surface area contributed by atoms with Crippen molar-refractivity contribution < 1.29 is 0 Å². The summed E-state index contributed by atoms with van der Waals surface area (Å²) < 4.78 is 0. The van der Waals surface area contributed by atoms with Crippen molar-refractivity contribution in [2.45, 2.75) is 30.4 Å². The molecule has 0 saturated carbocycles. The van der Waals surface area contributed by atoms with Crippen molar-refractivity contribution in [3.8, 4) is 0 Å². The third-order valence-electron chi connectivity index (χ3n) is 3.72. The Morgan fingerprint density at radius 2 is 2.29 bits per heavy atom. The molecule has 92 valence electrons. The molecule has 1 aromatic carbocycles. The maximum Gasteiger partial charge on any atom is 0.0793 e. The molecule has 3 heteroatoms. The van der Waals surface area contributed by atoms with Crippen LogP contribution in [-0.4, -0.2) is 25.4 Å². The molecule has 17 heavy (non-hydrogen) atoms. The summed E-state index contributed by atoms with van der Waals surface area (Å²) in [6.07, 6.45) is 2.52. The van der Waals surface area contributed by atoms with Crippen LogP contribution in [0.5, 0.6) is 0 Å². The molecular formula is C14H20N2S. The summed E-state index contributed by atoms with van der Waals surface area (Å²) in [5, 5.41) is 4.83. The fraction of sp³-hybridized carbons (Fsp3) is 0.571. The second-order valence-corrected chi connectivity index (χ2v) is 6.70. The second-order valence-electron chi connectivity index (χ2n) is 5.15. The Morgan fingerprint density at radius 1 is 1.41 bits per heavy atom. The molecule has 2 aliphatic heterocycles. The van der Waals surface area contributed by atoms with E-state index in [0.717, 1.165) is 11.8 Å². The van der Waals surface area contributed by atoms with Gasteiger partial charge in [0.05, 0.1) is 5.37 Å². The average Bonchev–Trinajstić information content (AvgIpc) is 2.76. The Balaban J connectivity index is 1.88. The van der Waals surface area contributed by atoms with E-state index in [0.29, 0.717) is 5.37 Å². The van der Waals surface area contributed by atoms with Crippen molar-refractivity contribution >= 4 is 17.4 Å². The zero-order valence-electron chi connectivity index (χ0n) is 10.6. The molecule has 2 unspecified atom stereocenters. The molecule has 0 amide bonds. The number of nitrogens with one attached hydrogen (secondary N) is 1. The molecule has 3 rings (SSSR count). The number of anilines is 1. The fourth-order valence-electron chi connectivity index (χ4n) is 2.77.